The van der Waals surface area contributed by atoms with E-state index in [1.807, 2.05) is 112 Å². The van der Waals surface area contributed by atoms with E-state index < -0.39 is 53.9 Å². The van der Waals surface area contributed by atoms with Crippen molar-refractivity contribution < 1.29 is 37.8 Å². The number of Topliss-reactive ketones (excluding diaryl/α,β-unsaturated/α-hetero) is 2. The fourth-order valence-corrected chi connectivity index (χ4v) is 12.9. The molecule has 0 amide bonds. The van der Waals surface area contributed by atoms with Crippen LogP contribution in [0.15, 0.2) is 94.8 Å². The number of aryl methyl sites for hydroxylation is 6. The van der Waals surface area contributed by atoms with E-state index in [9.17, 15) is 33.9 Å². The van der Waals surface area contributed by atoms with Crippen LogP contribution in [0.5, 0.6) is 0 Å². The minimum atomic E-state index is -1.15. The molecule has 2 aromatic heterocycles. The number of ether oxygens (including phenoxy) is 1. The molecule has 0 radical (unpaired) electrons. The number of pyridine rings is 2. The number of carboxylic acid groups (broad SMARTS) is 1. The highest BCUT2D eigenvalue weighted by Gasteiger charge is 2.33. The average molecular weight is 1250 g/mol. The van der Waals surface area contributed by atoms with E-state index in [1.165, 1.54) is 17.4 Å². The maximum Gasteiger partial charge on any atom is 0.306 e. The third-order valence-electron chi connectivity index (χ3n) is 17.5. The number of aromatic nitrogens is 2. The number of aliphatic carboxylic acids is 1. The third-order valence-corrected chi connectivity index (χ3v) is 18.0. The summed E-state index contributed by atoms with van der Waals surface area (Å²) in [6, 6.07) is 19.8. The minimum absolute atomic E-state index is 0.0770. The summed E-state index contributed by atoms with van der Waals surface area (Å²) >= 11 is 12.9. The zero-order valence-corrected chi connectivity index (χ0v) is 54.7. The highest BCUT2D eigenvalue weighted by molar-refractivity contribution is 6.31. The van der Waals surface area contributed by atoms with Gasteiger partial charge in [0.05, 0.1) is 41.6 Å². The van der Waals surface area contributed by atoms with Crippen LogP contribution in [0.2, 0.25) is 10.0 Å². The summed E-state index contributed by atoms with van der Waals surface area (Å²) in [4.78, 5) is 84.5. The topological polar surface area (TPSA) is 148 Å². The fraction of sp³-hybridized carbons (Fsp3) is 0.472. The molecule has 0 saturated carbocycles. The van der Waals surface area contributed by atoms with E-state index in [0.29, 0.717) is 24.0 Å². The smallest absolute Gasteiger partial charge is 0.306 e. The molecule has 8 rings (SSSR count). The second kappa shape index (κ2) is 31.2. The van der Waals surface area contributed by atoms with Gasteiger partial charge >= 0.3 is 11.9 Å². The number of hydrogen-bond donors (Lipinski definition) is 1. The van der Waals surface area contributed by atoms with Crippen molar-refractivity contribution in [2.24, 2.45) is 11.8 Å². The lowest BCUT2D eigenvalue weighted by molar-refractivity contribution is -0.144. The second-order valence-corrected chi connectivity index (χ2v) is 26.0. The Morgan fingerprint density at radius 1 is 0.557 bits per heavy atom. The number of carbonyl (C=O) groups excluding carboxylic acids is 3. The summed E-state index contributed by atoms with van der Waals surface area (Å²) in [7, 11) is 0. The lowest BCUT2D eigenvalue weighted by Crippen LogP contribution is -2.38. The maximum absolute atomic E-state index is 15.9. The van der Waals surface area contributed by atoms with Crippen LogP contribution in [0.25, 0.3) is 22.3 Å². The van der Waals surface area contributed by atoms with Gasteiger partial charge in [-0.3, -0.25) is 28.8 Å². The van der Waals surface area contributed by atoms with Gasteiger partial charge in [0, 0.05) is 62.3 Å². The molecule has 16 heteroatoms. The van der Waals surface area contributed by atoms with Crippen molar-refractivity contribution in [3.63, 3.8) is 0 Å². The van der Waals surface area contributed by atoms with Gasteiger partial charge in [0.2, 0.25) is 0 Å². The molecule has 2 unspecified atom stereocenters. The van der Waals surface area contributed by atoms with Crippen LogP contribution >= 0.6 is 23.2 Å². The van der Waals surface area contributed by atoms with Crippen LogP contribution in [0.1, 0.15) is 166 Å². The highest BCUT2D eigenvalue weighted by Crippen LogP contribution is 2.40. The zero-order valence-electron chi connectivity index (χ0n) is 53.2. The number of rotatable bonds is 27. The Bertz CT molecular complexity index is 3580. The monoisotopic (exact) mass is 1240 g/mol. The molecule has 4 atom stereocenters. The quantitative estimate of drug-likeness (QED) is 0.0494. The molecule has 6 aromatic rings. The molecule has 1 N–H and O–H groups in total. The summed E-state index contributed by atoms with van der Waals surface area (Å²) < 4.78 is 39.8. The number of carboxylic acids is 1. The first-order valence-corrected chi connectivity index (χ1v) is 31.9. The molecule has 0 spiro atoms. The van der Waals surface area contributed by atoms with Crippen LogP contribution in [-0.2, 0) is 36.8 Å². The number of nitrogens with zero attached hydrogens (tertiary/aromatic N) is 4. The molecule has 2 aliphatic rings. The average Bonchev–Trinajstić information content (AvgIpc) is 1.74. The van der Waals surface area contributed by atoms with Crippen LogP contribution < -0.4 is 11.1 Å². The first kappa shape index (κ1) is 68.9. The van der Waals surface area contributed by atoms with Crippen molar-refractivity contribution in [3.05, 3.63) is 183 Å². The van der Waals surface area contributed by atoms with Gasteiger partial charge in [0.25, 0.3) is 11.1 Å². The first-order chi connectivity index (χ1) is 41.7. The Morgan fingerprint density at radius 2 is 0.932 bits per heavy atom. The van der Waals surface area contributed by atoms with Crippen molar-refractivity contribution in [1.82, 2.24) is 18.9 Å². The molecule has 2 saturated heterocycles. The number of benzene rings is 4. The lowest BCUT2D eigenvalue weighted by atomic mass is 9.84. The van der Waals surface area contributed by atoms with Crippen LogP contribution in [-0.4, -0.2) is 93.4 Å². The van der Waals surface area contributed by atoms with Gasteiger partial charge in [0.1, 0.15) is 11.6 Å². The first-order valence-electron chi connectivity index (χ1n) is 31.2. The number of esters is 1. The summed E-state index contributed by atoms with van der Waals surface area (Å²) in [5, 5.41) is 9.60. The maximum atomic E-state index is 15.9. The number of ketones is 2. The SMILES string of the molecule is CCOC(=O)C[C@H](CC(=O)C(CC(C)C)n1cc(CCN2CCC2)c(C)cc1=O)c1cc(-c2c(C)cccc2C)cc(Cl)c1F.Cc1cc(=O)n(C(CC(C)C)C(=O)C[C@@H](CC(=O)O)c2cc(-c3c(C)cccc3C)cc(Cl)c2F)cc1CCN1CCC1. The minimum Gasteiger partial charge on any atom is -0.481 e. The Morgan fingerprint density at radius 3 is 1.26 bits per heavy atom. The second-order valence-electron chi connectivity index (χ2n) is 25.2. The standard InChI is InChI=1S/C37H46ClFN2O4.C35H42ClFN2O4/c1-7-45-35(44)21-28(30-18-29(19-31(38)37(30)39)36-24(4)10-8-11-25(36)5)20-33(42)32(16-23(2)3)41-22-27(26(6)17-34(41)43)12-15-40-13-9-14-40;1-21(2)14-30(39-20-25(24(5)15-32(39)41)10-13-38-11-7-12-38)31(40)18-26(19-33(42)43)28-16-27(17-29(36)35(28)37)34-22(3)8-6-9-23(34)4/h8,10-11,17-19,22-23,28,32H,7,9,12-16,20-21H2,1-6H3;6,8-9,15-17,20-21,26,30H,7,10-14,18-19H2,1-5H3,(H,42,43)/t28-,32?;26-,30?/m00/s1. The fourth-order valence-electron chi connectivity index (χ4n) is 12.5. The van der Waals surface area contributed by atoms with Crippen molar-refractivity contribution >= 4 is 46.7 Å². The number of likely N-dealkylation sites (tertiary alicyclic amines) is 2. The van der Waals surface area contributed by atoms with Gasteiger partial charge in [0.15, 0.2) is 11.6 Å². The van der Waals surface area contributed by atoms with Crippen LogP contribution in [0.3, 0.4) is 0 Å². The Kier molecular flexibility index (Phi) is 24.5. The molecular weight excluding hydrogens is 1160 g/mol. The molecule has 0 aliphatic carbocycles. The number of halogens is 4. The Labute approximate surface area is 528 Å². The lowest BCUT2D eigenvalue weighted by Gasteiger charge is -2.31. The van der Waals surface area contributed by atoms with E-state index >= 15 is 8.78 Å². The molecule has 0 bridgehead atoms. The van der Waals surface area contributed by atoms with Gasteiger partial charge in [-0.1, -0.05) is 87.3 Å². The molecule has 2 fully saturated rings. The Hall–Kier alpha value is -6.58. The molecule has 2 aliphatic heterocycles. The molecular formula is C72H88Cl2F2N4O8. The molecule has 88 heavy (non-hydrogen) atoms. The summed E-state index contributed by atoms with van der Waals surface area (Å²) in [6.07, 6.45) is 7.39. The predicted octanol–water partition coefficient (Wildman–Crippen LogP) is 15.1. The van der Waals surface area contributed by atoms with Gasteiger partial charge < -0.3 is 28.8 Å². The van der Waals surface area contributed by atoms with E-state index in [-0.39, 0.29) is 81.6 Å². The molecule has 472 valence electrons. The van der Waals surface area contributed by atoms with Gasteiger partial charge in [-0.25, -0.2) is 8.78 Å². The molecule has 4 heterocycles. The number of hydrogen-bond acceptors (Lipinski definition) is 9. The largest absolute Gasteiger partial charge is 0.481 e. The summed E-state index contributed by atoms with van der Waals surface area (Å²) in [5.41, 5.74) is 10.8. The van der Waals surface area contributed by atoms with Crippen molar-refractivity contribution in [3.8, 4) is 22.3 Å². The van der Waals surface area contributed by atoms with Crippen LogP contribution in [0.4, 0.5) is 8.78 Å². The van der Waals surface area contributed by atoms with Crippen molar-refractivity contribution in [1.29, 1.82) is 0 Å². The van der Waals surface area contributed by atoms with Gasteiger partial charge in [-0.15, -0.1) is 0 Å². The van der Waals surface area contributed by atoms with Gasteiger partial charge in [-0.05, 0) is 227 Å². The highest BCUT2D eigenvalue weighted by atomic mass is 35.5. The van der Waals surface area contributed by atoms with Crippen LogP contribution in [0, 0.1) is 65.0 Å². The zero-order chi connectivity index (χ0) is 64.3. The van der Waals surface area contributed by atoms with Crippen molar-refractivity contribution in [2.45, 2.75) is 164 Å². The van der Waals surface area contributed by atoms with E-state index in [0.717, 1.165) is 108 Å². The van der Waals surface area contributed by atoms with Gasteiger partial charge in [-0.2, -0.15) is 0 Å². The number of carbonyl (C=O) groups is 4. The van der Waals surface area contributed by atoms with E-state index in [2.05, 4.69) is 9.80 Å². The predicted molar refractivity (Wildman–Crippen MR) is 348 cm³/mol. The normalized spacial score (nSPS) is 14.8. The van der Waals surface area contributed by atoms with E-state index in [1.54, 1.807) is 54.1 Å². The molecule has 12 nitrogen and oxygen atoms in total. The third kappa shape index (κ3) is 17.6. The Balaban J connectivity index is 0.000000251. The van der Waals surface area contributed by atoms with E-state index in [4.69, 9.17) is 27.9 Å². The summed E-state index contributed by atoms with van der Waals surface area (Å²) in [6.45, 7) is 27.7. The van der Waals surface area contributed by atoms with Crippen molar-refractivity contribution in [2.75, 3.05) is 45.9 Å². The summed E-state index contributed by atoms with van der Waals surface area (Å²) in [5.74, 6) is -5.18. The molecule has 4 aromatic carbocycles.